The Morgan fingerprint density at radius 2 is 0.926 bits per heavy atom. The van der Waals surface area contributed by atoms with Crippen molar-refractivity contribution in [3.05, 3.63) is 96.6 Å². The molecule has 0 spiro atoms. The van der Waals surface area contributed by atoms with Crippen LogP contribution >= 0.6 is 0 Å². The van der Waals surface area contributed by atoms with E-state index in [9.17, 15) is 0 Å². The normalized spacial score (nSPS) is 12.8. The molecule has 0 heterocycles. The van der Waals surface area contributed by atoms with E-state index in [1.54, 1.807) is 0 Å². The van der Waals surface area contributed by atoms with Crippen molar-refractivity contribution in [1.29, 1.82) is 0 Å². The Kier molecular flexibility index (Phi) is 5.41. The molecule has 0 aliphatic heterocycles. The molecule has 0 radical (unpaired) electrons. The van der Waals surface area contributed by atoms with E-state index < -0.39 is 13.9 Å². The summed E-state index contributed by atoms with van der Waals surface area (Å²) in [6.45, 7) is 11.4. The monoisotopic (exact) mass is 374 g/mol. The minimum atomic E-state index is -2.57. The van der Waals surface area contributed by atoms with Crippen molar-refractivity contribution in [2.45, 2.75) is 45.3 Å². The maximum absolute atomic E-state index is 7.29. The van der Waals surface area contributed by atoms with Gasteiger partial charge in [-0.2, -0.15) is 0 Å². The van der Waals surface area contributed by atoms with Gasteiger partial charge in [0.05, 0.1) is 5.60 Å². The van der Waals surface area contributed by atoms with Gasteiger partial charge in [0.2, 0.25) is 0 Å². The van der Waals surface area contributed by atoms with E-state index >= 15 is 0 Å². The Bertz CT molecular complexity index is 810. The van der Waals surface area contributed by atoms with Gasteiger partial charge in [-0.3, -0.25) is 0 Å². The molecule has 3 rings (SSSR count). The summed E-state index contributed by atoms with van der Waals surface area (Å²) in [7, 11) is -2.57. The van der Waals surface area contributed by atoms with Crippen LogP contribution in [0.3, 0.4) is 0 Å². The standard InChI is InChI=1S/C25H30OSi/c1-24(2,3)27(22-17-11-7-12-18-22,23-19-13-8-14-20-23)26-25(4,5)21-15-9-6-10-16-21/h6-20H,1-5H3. The zero-order valence-corrected chi connectivity index (χ0v) is 18.1. The van der Waals surface area contributed by atoms with Crippen LogP contribution in [0.15, 0.2) is 91.0 Å². The smallest absolute Gasteiger partial charge is 0.262 e. The van der Waals surface area contributed by atoms with Crippen LogP contribution in [0.25, 0.3) is 0 Å². The summed E-state index contributed by atoms with van der Waals surface area (Å²) in [5.41, 5.74) is 0.810. The molecule has 3 aromatic rings. The van der Waals surface area contributed by atoms with Gasteiger partial charge in [0.25, 0.3) is 8.32 Å². The topological polar surface area (TPSA) is 9.23 Å². The highest BCUT2D eigenvalue weighted by Gasteiger charge is 2.52. The maximum Gasteiger partial charge on any atom is 0.262 e. The molecule has 3 aromatic carbocycles. The van der Waals surface area contributed by atoms with Gasteiger partial charge in [0, 0.05) is 0 Å². The van der Waals surface area contributed by atoms with E-state index in [0.717, 1.165) is 0 Å². The van der Waals surface area contributed by atoms with Gasteiger partial charge in [0.1, 0.15) is 0 Å². The van der Waals surface area contributed by atoms with Crippen LogP contribution < -0.4 is 10.4 Å². The maximum atomic E-state index is 7.29. The van der Waals surface area contributed by atoms with Crippen LogP contribution in [-0.2, 0) is 10.0 Å². The van der Waals surface area contributed by atoms with E-state index in [1.165, 1.54) is 15.9 Å². The average Bonchev–Trinajstić information content (AvgIpc) is 2.67. The van der Waals surface area contributed by atoms with Gasteiger partial charge < -0.3 is 4.43 Å². The first kappa shape index (κ1) is 19.6. The van der Waals surface area contributed by atoms with E-state index in [1.807, 2.05) is 0 Å². The first-order valence-electron chi connectivity index (χ1n) is 9.64. The lowest BCUT2D eigenvalue weighted by Gasteiger charge is -2.48. The molecule has 0 aliphatic carbocycles. The summed E-state index contributed by atoms with van der Waals surface area (Å²) in [4.78, 5) is 0. The van der Waals surface area contributed by atoms with Crippen LogP contribution in [0, 0.1) is 0 Å². The van der Waals surface area contributed by atoms with Gasteiger partial charge in [-0.25, -0.2) is 0 Å². The van der Waals surface area contributed by atoms with Crippen LogP contribution in [0.2, 0.25) is 5.04 Å². The second kappa shape index (κ2) is 7.45. The Morgan fingerprint density at radius 1 is 0.556 bits per heavy atom. The van der Waals surface area contributed by atoms with E-state index in [0.29, 0.717) is 0 Å². The molecular formula is C25H30OSi. The molecule has 2 heteroatoms. The van der Waals surface area contributed by atoms with Crippen molar-refractivity contribution in [3.8, 4) is 0 Å². The largest absolute Gasteiger partial charge is 0.398 e. The fourth-order valence-corrected chi connectivity index (χ4v) is 8.74. The van der Waals surface area contributed by atoms with Crippen molar-refractivity contribution in [1.82, 2.24) is 0 Å². The fraction of sp³-hybridized carbons (Fsp3) is 0.280. The Hall–Kier alpha value is -2.16. The van der Waals surface area contributed by atoms with Crippen molar-refractivity contribution in [2.75, 3.05) is 0 Å². The molecule has 0 unspecified atom stereocenters. The molecule has 0 saturated carbocycles. The summed E-state index contributed by atoms with van der Waals surface area (Å²) in [5.74, 6) is 0. The highest BCUT2D eigenvalue weighted by molar-refractivity contribution is 6.99. The molecule has 0 aromatic heterocycles. The highest BCUT2D eigenvalue weighted by Crippen LogP contribution is 2.41. The highest BCUT2D eigenvalue weighted by atomic mass is 28.4. The number of hydrogen-bond acceptors (Lipinski definition) is 1. The molecule has 0 atom stereocenters. The second-order valence-corrected chi connectivity index (χ2v) is 12.9. The molecule has 0 aliphatic rings. The van der Waals surface area contributed by atoms with Crippen molar-refractivity contribution >= 4 is 18.7 Å². The third-order valence-electron chi connectivity index (χ3n) is 5.29. The summed E-state index contributed by atoms with van der Waals surface area (Å²) >= 11 is 0. The van der Waals surface area contributed by atoms with Crippen LogP contribution in [-0.4, -0.2) is 8.32 Å². The Morgan fingerprint density at radius 3 is 1.30 bits per heavy atom. The van der Waals surface area contributed by atoms with E-state index in [-0.39, 0.29) is 5.04 Å². The third-order valence-corrected chi connectivity index (χ3v) is 10.5. The fourth-order valence-electron chi connectivity index (χ4n) is 3.93. The zero-order chi connectivity index (χ0) is 19.5. The molecule has 140 valence electrons. The molecule has 0 fully saturated rings. The first-order valence-corrected chi connectivity index (χ1v) is 11.5. The zero-order valence-electron chi connectivity index (χ0n) is 17.1. The molecular weight excluding hydrogens is 344 g/mol. The molecule has 0 amide bonds. The Labute approximate surface area is 165 Å². The molecule has 0 bridgehead atoms. The number of hydrogen-bond donors (Lipinski definition) is 0. The van der Waals surface area contributed by atoms with Crippen molar-refractivity contribution < 1.29 is 4.43 Å². The Balaban J connectivity index is 2.24. The summed E-state index contributed by atoms with van der Waals surface area (Å²) in [5, 5.41) is 2.60. The second-order valence-electron chi connectivity index (χ2n) is 8.64. The van der Waals surface area contributed by atoms with E-state index in [2.05, 4.69) is 126 Å². The van der Waals surface area contributed by atoms with Crippen LogP contribution in [0.4, 0.5) is 0 Å². The molecule has 1 nitrogen and oxygen atoms in total. The molecule has 27 heavy (non-hydrogen) atoms. The third kappa shape index (κ3) is 3.78. The average molecular weight is 375 g/mol. The van der Waals surface area contributed by atoms with Crippen molar-refractivity contribution in [2.24, 2.45) is 0 Å². The minimum absolute atomic E-state index is 0.0260. The first-order chi connectivity index (χ1) is 12.8. The van der Waals surface area contributed by atoms with Crippen LogP contribution in [0.5, 0.6) is 0 Å². The molecule has 0 N–H and O–H groups in total. The lowest BCUT2D eigenvalue weighted by molar-refractivity contribution is 0.0957. The van der Waals surface area contributed by atoms with Gasteiger partial charge in [0.15, 0.2) is 0 Å². The van der Waals surface area contributed by atoms with Crippen molar-refractivity contribution in [3.63, 3.8) is 0 Å². The van der Waals surface area contributed by atoms with Gasteiger partial charge in [-0.05, 0) is 34.8 Å². The minimum Gasteiger partial charge on any atom is -0.398 e. The predicted molar refractivity (Wildman–Crippen MR) is 118 cm³/mol. The SMILES string of the molecule is CC(C)(O[Si](c1ccccc1)(c1ccccc1)C(C)(C)C)c1ccccc1. The van der Waals surface area contributed by atoms with Gasteiger partial charge >= 0.3 is 0 Å². The van der Waals surface area contributed by atoms with Gasteiger partial charge in [-0.1, -0.05) is 112 Å². The van der Waals surface area contributed by atoms with Crippen LogP contribution in [0.1, 0.15) is 40.2 Å². The predicted octanol–water partition coefficient (Wildman–Crippen LogP) is 5.50. The summed E-state index contributed by atoms with van der Waals surface area (Å²) < 4.78 is 7.29. The quantitative estimate of drug-likeness (QED) is 0.536. The summed E-state index contributed by atoms with van der Waals surface area (Å²) in [6.07, 6.45) is 0. The van der Waals surface area contributed by atoms with Gasteiger partial charge in [-0.15, -0.1) is 0 Å². The number of benzene rings is 3. The number of rotatable bonds is 5. The summed E-state index contributed by atoms with van der Waals surface area (Å²) in [6, 6.07) is 32.2. The molecule has 0 saturated heterocycles. The van der Waals surface area contributed by atoms with E-state index in [4.69, 9.17) is 4.43 Å². The lowest BCUT2D eigenvalue weighted by atomic mass is 9.99. The lowest BCUT2D eigenvalue weighted by Crippen LogP contribution is -2.68.